The quantitative estimate of drug-likeness (QED) is 0.0621. The van der Waals surface area contributed by atoms with Crippen molar-refractivity contribution in [2.45, 2.75) is 116 Å². The summed E-state index contributed by atoms with van der Waals surface area (Å²) in [7, 11) is 2.16. The zero-order chi connectivity index (χ0) is 38.1. The van der Waals surface area contributed by atoms with Gasteiger partial charge in [0.05, 0.1) is 14.2 Å². The normalized spacial score (nSPS) is 14.3. The molecule has 280 valence electrons. The summed E-state index contributed by atoms with van der Waals surface area (Å²) in [5.41, 5.74) is -0.840. The zero-order valence-electron chi connectivity index (χ0n) is 28.8. The third-order valence-corrected chi connectivity index (χ3v) is 6.37. The Kier molecular flexibility index (Phi) is 18.7. The van der Waals surface area contributed by atoms with Crippen molar-refractivity contribution in [1.29, 1.82) is 0 Å². The molecule has 20 heteroatoms. The van der Waals surface area contributed by atoms with Gasteiger partial charge >= 0.3 is 30.1 Å². The first-order valence-electron chi connectivity index (χ1n) is 15.2. The number of methoxy groups -OCH3 is 2. The molecule has 6 N–H and O–H groups in total. The van der Waals surface area contributed by atoms with Gasteiger partial charge in [-0.2, -0.15) is 13.2 Å². The maximum Gasteiger partial charge on any atom is 0.471 e. The van der Waals surface area contributed by atoms with Gasteiger partial charge in [-0.3, -0.25) is 24.0 Å². The highest BCUT2D eigenvalue weighted by Gasteiger charge is 2.38. The van der Waals surface area contributed by atoms with E-state index in [2.05, 4.69) is 31.3 Å². The van der Waals surface area contributed by atoms with Crippen LogP contribution in [0.2, 0.25) is 0 Å². The van der Waals surface area contributed by atoms with Gasteiger partial charge in [0.1, 0.15) is 35.8 Å². The van der Waals surface area contributed by atoms with Crippen molar-refractivity contribution in [3.8, 4) is 0 Å². The second kappa shape index (κ2) is 20.7. The van der Waals surface area contributed by atoms with Gasteiger partial charge in [0.15, 0.2) is 0 Å². The van der Waals surface area contributed by atoms with Gasteiger partial charge in [0, 0.05) is 13.0 Å². The molecule has 17 nitrogen and oxygen atoms in total. The van der Waals surface area contributed by atoms with Crippen LogP contribution in [-0.4, -0.2) is 110 Å². The maximum atomic E-state index is 13.1. The second-order valence-corrected chi connectivity index (χ2v) is 11.8. The highest BCUT2D eigenvalue weighted by atomic mass is 19.4. The lowest BCUT2D eigenvalue weighted by molar-refractivity contribution is -0.173. The molecule has 0 bridgehead atoms. The minimum absolute atomic E-state index is 0.0138. The van der Waals surface area contributed by atoms with E-state index < -0.39 is 96.0 Å². The predicted molar refractivity (Wildman–Crippen MR) is 164 cm³/mol. The fourth-order valence-electron chi connectivity index (χ4n) is 3.78. The molecule has 6 amide bonds. The number of halogens is 3. The van der Waals surface area contributed by atoms with E-state index in [0.29, 0.717) is 0 Å². The number of unbranched alkanes of at least 4 members (excludes halogenated alkanes) is 1. The summed E-state index contributed by atoms with van der Waals surface area (Å²) in [5, 5.41) is 13.5. The largest absolute Gasteiger partial charge is 0.471 e. The topological polar surface area (TPSA) is 236 Å². The van der Waals surface area contributed by atoms with Crippen LogP contribution >= 0.6 is 0 Å². The Balaban J connectivity index is 5.53. The Morgan fingerprint density at radius 3 is 1.69 bits per heavy atom. The van der Waals surface area contributed by atoms with Crippen molar-refractivity contribution in [2.75, 3.05) is 20.8 Å². The van der Waals surface area contributed by atoms with Crippen LogP contribution in [0.3, 0.4) is 0 Å². The molecule has 49 heavy (non-hydrogen) atoms. The maximum absolute atomic E-state index is 13.1. The molecule has 0 aromatic carbocycles. The van der Waals surface area contributed by atoms with E-state index >= 15 is 0 Å². The van der Waals surface area contributed by atoms with E-state index in [1.165, 1.54) is 20.8 Å². The van der Waals surface area contributed by atoms with E-state index in [1.807, 2.05) is 0 Å². The molecule has 0 saturated carbocycles. The van der Waals surface area contributed by atoms with Gasteiger partial charge in [0.2, 0.25) is 23.6 Å². The molecule has 0 radical (unpaired) electrons. The highest BCUT2D eigenvalue weighted by molar-refractivity contribution is 5.93. The zero-order valence-corrected chi connectivity index (χ0v) is 28.8. The minimum Gasteiger partial charge on any atom is -0.467 e. The summed E-state index contributed by atoms with van der Waals surface area (Å²) in [4.78, 5) is 98.0. The van der Waals surface area contributed by atoms with Crippen molar-refractivity contribution in [3.05, 3.63) is 0 Å². The molecule has 0 aliphatic rings. The van der Waals surface area contributed by atoms with Gasteiger partial charge in [-0.15, -0.1) is 0 Å². The number of rotatable bonds is 18. The van der Waals surface area contributed by atoms with Crippen molar-refractivity contribution >= 4 is 47.6 Å². The van der Waals surface area contributed by atoms with Crippen LogP contribution in [0.25, 0.3) is 0 Å². The van der Waals surface area contributed by atoms with E-state index in [0.717, 1.165) is 14.2 Å². The minimum atomic E-state index is -5.08. The summed E-state index contributed by atoms with van der Waals surface area (Å²) in [6.45, 7) is 8.45. The first kappa shape index (κ1) is 44.4. The van der Waals surface area contributed by atoms with E-state index in [1.54, 1.807) is 26.1 Å². The molecule has 0 rings (SSSR count). The number of nitrogens with one attached hydrogen (secondary N) is 6. The lowest BCUT2D eigenvalue weighted by Crippen LogP contribution is -2.54. The predicted octanol–water partition coefficient (Wildman–Crippen LogP) is -0.146. The molecule has 5 unspecified atom stereocenters. The van der Waals surface area contributed by atoms with Crippen LogP contribution in [0.15, 0.2) is 0 Å². The second-order valence-electron chi connectivity index (χ2n) is 11.8. The molecule has 0 aliphatic carbocycles. The summed E-state index contributed by atoms with van der Waals surface area (Å²) in [5.74, 6) is -7.01. The first-order chi connectivity index (χ1) is 22.5. The Labute approximate surface area is 281 Å². The summed E-state index contributed by atoms with van der Waals surface area (Å²) >= 11 is 0. The van der Waals surface area contributed by atoms with E-state index in [4.69, 9.17) is 9.47 Å². The number of carbonyl (C=O) groups excluding carboxylic acids is 8. The number of hydrogen-bond acceptors (Lipinski definition) is 11. The van der Waals surface area contributed by atoms with Crippen molar-refractivity contribution in [1.82, 2.24) is 31.9 Å². The van der Waals surface area contributed by atoms with E-state index in [-0.39, 0.29) is 32.2 Å². The highest BCUT2D eigenvalue weighted by Crippen LogP contribution is 2.14. The van der Waals surface area contributed by atoms with Crippen LogP contribution in [0.5, 0.6) is 0 Å². The van der Waals surface area contributed by atoms with Crippen molar-refractivity contribution in [2.24, 2.45) is 0 Å². The Bertz CT molecular complexity index is 1190. The summed E-state index contributed by atoms with van der Waals surface area (Å²) < 4.78 is 51.6. The molecule has 0 aromatic rings. The van der Waals surface area contributed by atoms with Crippen LogP contribution in [0.1, 0.15) is 73.6 Å². The Morgan fingerprint density at radius 1 is 0.633 bits per heavy atom. The molecule has 0 aliphatic heterocycles. The molecular weight excluding hydrogens is 665 g/mol. The molecule has 0 fully saturated rings. The number of ether oxygens (including phenoxy) is 3. The average Bonchev–Trinajstić information content (AvgIpc) is 2.99. The molecule has 5 atom stereocenters. The third kappa shape index (κ3) is 18.5. The number of amides is 6. The lowest BCUT2D eigenvalue weighted by atomic mass is 10.1. The smallest absolute Gasteiger partial charge is 0.467 e. The van der Waals surface area contributed by atoms with Crippen molar-refractivity contribution < 1.29 is 65.7 Å². The third-order valence-electron chi connectivity index (χ3n) is 6.37. The van der Waals surface area contributed by atoms with Crippen LogP contribution in [0, 0.1) is 0 Å². The van der Waals surface area contributed by atoms with Gasteiger partial charge in [0.25, 0.3) is 0 Å². The van der Waals surface area contributed by atoms with Crippen LogP contribution in [0.4, 0.5) is 18.0 Å². The number of alkyl halides is 3. The molecule has 0 saturated heterocycles. The van der Waals surface area contributed by atoms with Crippen LogP contribution in [-0.2, 0) is 47.8 Å². The van der Waals surface area contributed by atoms with Gasteiger partial charge in [-0.25, -0.2) is 14.4 Å². The average molecular weight is 713 g/mol. The number of alkyl carbamates (subject to hydrolysis) is 1. The standard InChI is InChI=1S/C29H47F3N6O11/c1-15(21(40)35-17(3)24(43)47-7)34-23(42)18(11-9-10-14-33-26(45)29(30,31)32)37-20(39)13-12-19(25(44)48-8)38-22(41)16(2)36-27(46)49-28(4,5)6/h15-19H,9-14H2,1-8H3,(H,33,45)(H,34,42)(H,35,40)(H,36,46)(H,37,39)(H,38,41). The van der Waals surface area contributed by atoms with Crippen LogP contribution < -0.4 is 31.9 Å². The molecule has 0 heterocycles. The lowest BCUT2D eigenvalue weighted by Gasteiger charge is -2.24. The molecule has 0 aromatic heterocycles. The molecule has 0 spiro atoms. The number of carbonyl (C=O) groups is 8. The van der Waals surface area contributed by atoms with Gasteiger partial charge in [-0.05, 0) is 67.2 Å². The first-order valence-corrected chi connectivity index (χ1v) is 15.2. The summed E-state index contributed by atoms with van der Waals surface area (Å²) in [6, 6.07) is -6.09. The molecular formula is C29H47F3N6O11. The number of esters is 2. The van der Waals surface area contributed by atoms with Gasteiger partial charge < -0.3 is 46.1 Å². The Hall–Kier alpha value is -4.65. The SMILES string of the molecule is COC(=O)C(C)NC(=O)C(C)NC(=O)C(CCCCNC(=O)C(F)(F)F)NC(=O)CCC(NC(=O)C(C)NC(=O)OC(C)(C)C)C(=O)OC. The summed E-state index contributed by atoms with van der Waals surface area (Å²) in [6.07, 6.45) is -6.83. The van der Waals surface area contributed by atoms with Crippen molar-refractivity contribution in [3.63, 3.8) is 0 Å². The fourth-order valence-corrected chi connectivity index (χ4v) is 3.78. The van der Waals surface area contributed by atoms with Gasteiger partial charge in [-0.1, -0.05) is 0 Å². The fraction of sp³-hybridized carbons (Fsp3) is 0.724. The Morgan fingerprint density at radius 2 is 1.16 bits per heavy atom. The van der Waals surface area contributed by atoms with E-state index in [9.17, 15) is 51.5 Å². The number of hydrogen-bond donors (Lipinski definition) is 6. The monoisotopic (exact) mass is 712 g/mol.